The molecule has 0 aromatic heterocycles. The summed E-state index contributed by atoms with van der Waals surface area (Å²) in [6.07, 6.45) is 5.66. The van der Waals surface area contributed by atoms with E-state index in [9.17, 15) is 14.4 Å². The van der Waals surface area contributed by atoms with Crippen molar-refractivity contribution in [2.24, 2.45) is 0 Å². The number of hydrogen-bond donors (Lipinski definition) is 0. The molecule has 1 unspecified atom stereocenters. The first-order chi connectivity index (χ1) is 10.9. The fourth-order valence-corrected chi connectivity index (χ4v) is 3.78. The van der Waals surface area contributed by atoms with Crippen molar-refractivity contribution in [1.82, 2.24) is 9.80 Å². The van der Waals surface area contributed by atoms with Crippen LogP contribution >= 0.6 is 11.8 Å². The van der Waals surface area contributed by atoms with Crippen LogP contribution in [0.15, 0.2) is 0 Å². The maximum atomic E-state index is 12.3. The van der Waals surface area contributed by atoms with E-state index in [1.54, 1.807) is 18.7 Å². The van der Waals surface area contributed by atoms with Crippen molar-refractivity contribution < 1.29 is 14.4 Å². The fraction of sp³-hybridized carbons (Fsp3) is 0.824. The Morgan fingerprint density at radius 1 is 1.17 bits per heavy atom. The molecular weight excluding hydrogens is 312 g/mol. The van der Waals surface area contributed by atoms with Crippen LogP contribution in [0.2, 0.25) is 0 Å². The topological polar surface area (TPSA) is 57.7 Å². The molecule has 0 N–H and O–H groups in total. The molecule has 132 valence electrons. The number of Topliss-reactive ketones (excluding diaryl/α,β-unsaturated/α-hetero) is 1. The second-order valence-corrected chi connectivity index (χ2v) is 7.78. The molecule has 1 aliphatic heterocycles. The van der Waals surface area contributed by atoms with Crippen molar-refractivity contribution in [3.05, 3.63) is 0 Å². The number of imide groups is 1. The van der Waals surface area contributed by atoms with Crippen LogP contribution in [0.1, 0.15) is 51.9 Å². The van der Waals surface area contributed by atoms with Gasteiger partial charge in [-0.2, -0.15) is 0 Å². The van der Waals surface area contributed by atoms with E-state index in [1.807, 2.05) is 0 Å². The molecule has 6 heteroatoms. The predicted octanol–water partition coefficient (Wildman–Crippen LogP) is 2.34. The average molecular weight is 343 g/mol. The van der Waals surface area contributed by atoms with E-state index in [0.29, 0.717) is 19.4 Å². The highest BCUT2D eigenvalue weighted by molar-refractivity contribution is 8.00. The van der Waals surface area contributed by atoms with Gasteiger partial charge in [0.2, 0.25) is 11.8 Å². The van der Waals surface area contributed by atoms with Gasteiger partial charge < -0.3 is 9.69 Å². The Balaban J connectivity index is 2.20. The number of unbranched alkanes of at least 4 members (excludes halogenated alkanes) is 3. The number of carbonyl (C=O) groups excluding carboxylic acids is 3. The van der Waals surface area contributed by atoms with Crippen LogP contribution in [-0.4, -0.2) is 65.6 Å². The van der Waals surface area contributed by atoms with E-state index in [1.165, 1.54) is 4.90 Å². The molecule has 0 bridgehead atoms. The zero-order valence-electron chi connectivity index (χ0n) is 14.7. The summed E-state index contributed by atoms with van der Waals surface area (Å²) in [5, 5.41) is -0.181. The molecule has 1 fully saturated rings. The van der Waals surface area contributed by atoms with Crippen molar-refractivity contribution in [3.8, 4) is 0 Å². The number of nitrogens with zero attached hydrogens (tertiary/aromatic N) is 2. The summed E-state index contributed by atoms with van der Waals surface area (Å²) in [5.41, 5.74) is 0. The molecule has 1 rings (SSSR count). The Kier molecular flexibility index (Phi) is 9.48. The summed E-state index contributed by atoms with van der Waals surface area (Å²) in [4.78, 5) is 38.7. The number of carbonyl (C=O) groups is 3. The fourth-order valence-electron chi connectivity index (χ4n) is 2.59. The SMILES string of the molecule is CC(=O)CCCCCN1C(=O)CC(SCCCCN(C)C)C1=O. The molecule has 2 amide bonds. The first-order valence-corrected chi connectivity index (χ1v) is 9.56. The third-order valence-corrected chi connectivity index (χ3v) is 5.23. The van der Waals surface area contributed by atoms with E-state index in [0.717, 1.165) is 44.4 Å². The van der Waals surface area contributed by atoms with Gasteiger partial charge in [-0.25, -0.2) is 0 Å². The maximum Gasteiger partial charge on any atom is 0.242 e. The van der Waals surface area contributed by atoms with E-state index in [2.05, 4.69) is 19.0 Å². The first kappa shape index (κ1) is 20.2. The van der Waals surface area contributed by atoms with Crippen molar-refractivity contribution in [3.63, 3.8) is 0 Å². The first-order valence-electron chi connectivity index (χ1n) is 8.51. The van der Waals surface area contributed by atoms with E-state index in [-0.39, 0.29) is 22.8 Å². The van der Waals surface area contributed by atoms with Gasteiger partial charge in [0.15, 0.2) is 0 Å². The van der Waals surface area contributed by atoms with Gasteiger partial charge in [0.1, 0.15) is 5.78 Å². The Morgan fingerprint density at radius 3 is 2.57 bits per heavy atom. The highest BCUT2D eigenvalue weighted by Gasteiger charge is 2.37. The second-order valence-electron chi connectivity index (χ2n) is 6.47. The molecule has 0 radical (unpaired) electrons. The van der Waals surface area contributed by atoms with Crippen LogP contribution in [0.25, 0.3) is 0 Å². The van der Waals surface area contributed by atoms with E-state index >= 15 is 0 Å². The van der Waals surface area contributed by atoms with Crippen molar-refractivity contribution >= 4 is 29.4 Å². The minimum absolute atomic E-state index is 0.0147. The van der Waals surface area contributed by atoms with Crippen molar-refractivity contribution in [1.29, 1.82) is 0 Å². The van der Waals surface area contributed by atoms with Crippen LogP contribution in [0.5, 0.6) is 0 Å². The lowest BCUT2D eigenvalue weighted by Gasteiger charge is -2.14. The van der Waals surface area contributed by atoms with Gasteiger partial charge in [0.05, 0.1) is 5.25 Å². The summed E-state index contributed by atoms with van der Waals surface area (Å²) < 4.78 is 0. The number of ketones is 1. The number of thioether (sulfide) groups is 1. The van der Waals surface area contributed by atoms with Crippen LogP contribution in [-0.2, 0) is 14.4 Å². The molecule has 1 heterocycles. The maximum absolute atomic E-state index is 12.3. The Bertz CT molecular complexity index is 413. The smallest absolute Gasteiger partial charge is 0.242 e. The van der Waals surface area contributed by atoms with Crippen LogP contribution in [0.4, 0.5) is 0 Å². The highest BCUT2D eigenvalue weighted by atomic mass is 32.2. The zero-order valence-corrected chi connectivity index (χ0v) is 15.5. The van der Waals surface area contributed by atoms with Gasteiger partial charge in [-0.05, 0) is 59.0 Å². The molecule has 0 aromatic rings. The molecule has 23 heavy (non-hydrogen) atoms. The zero-order chi connectivity index (χ0) is 17.2. The Morgan fingerprint density at radius 2 is 1.91 bits per heavy atom. The number of amides is 2. The molecule has 5 nitrogen and oxygen atoms in total. The Labute approximate surface area is 144 Å². The molecule has 1 atom stereocenters. The summed E-state index contributed by atoms with van der Waals surface area (Å²) in [5.74, 6) is 1.08. The minimum atomic E-state index is -0.181. The second kappa shape index (κ2) is 10.8. The molecule has 1 saturated heterocycles. The Hall–Kier alpha value is -0.880. The third-order valence-electron chi connectivity index (χ3n) is 3.93. The molecule has 0 aliphatic carbocycles. The standard InChI is InChI=1S/C17H30N2O3S/c1-14(20)9-5-4-6-11-19-16(21)13-15(17(19)22)23-12-8-7-10-18(2)3/h15H,4-13H2,1-3H3. The predicted molar refractivity (Wildman–Crippen MR) is 94.5 cm³/mol. The van der Waals surface area contributed by atoms with Gasteiger partial charge in [-0.3, -0.25) is 14.5 Å². The normalized spacial score (nSPS) is 18.3. The largest absolute Gasteiger partial charge is 0.309 e. The van der Waals surface area contributed by atoms with Crippen molar-refractivity contribution in [2.75, 3.05) is 32.9 Å². The quantitative estimate of drug-likeness (QED) is 0.402. The number of likely N-dealkylation sites (tertiary alicyclic amines) is 1. The summed E-state index contributed by atoms with van der Waals surface area (Å²) in [6.45, 7) is 3.16. The monoisotopic (exact) mass is 342 g/mol. The lowest BCUT2D eigenvalue weighted by atomic mass is 10.1. The van der Waals surface area contributed by atoms with Gasteiger partial charge in [0, 0.05) is 19.4 Å². The van der Waals surface area contributed by atoms with E-state index < -0.39 is 0 Å². The molecule has 0 spiro atoms. The van der Waals surface area contributed by atoms with E-state index in [4.69, 9.17) is 0 Å². The summed E-state index contributed by atoms with van der Waals surface area (Å²) in [6, 6.07) is 0. The average Bonchev–Trinajstić information content (AvgIpc) is 2.73. The van der Waals surface area contributed by atoms with Gasteiger partial charge in [0.25, 0.3) is 0 Å². The molecular formula is C17H30N2O3S. The van der Waals surface area contributed by atoms with Gasteiger partial charge in [-0.1, -0.05) is 6.42 Å². The lowest BCUT2D eigenvalue weighted by molar-refractivity contribution is -0.138. The molecule has 0 saturated carbocycles. The summed E-state index contributed by atoms with van der Waals surface area (Å²) in [7, 11) is 4.11. The third kappa shape index (κ3) is 7.97. The highest BCUT2D eigenvalue weighted by Crippen LogP contribution is 2.26. The molecule has 1 aliphatic rings. The van der Waals surface area contributed by atoms with Crippen LogP contribution in [0, 0.1) is 0 Å². The van der Waals surface area contributed by atoms with Crippen molar-refractivity contribution in [2.45, 2.75) is 57.1 Å². The van der Waals surface area contributed by atoms with Crippen LogP contribution < -0.4 is 0 Å². The van der Waals surface area contributed by atoms with Gasteiger partial charge >= 0.3 is 0 Å². The number of rotatable bonds is 12. The van der Waals surface area contributed by atoms with Crippen LogP contribution in [0.3, 0.4) is 0 Å². The lowest BCUT2D eigenvalue weighted by Crippen LogP contribution is -2.32. The minimum Gasteiger partial charge on any atom is -0.309 e. The summed E-state index contributed by atoms with van der Waals surface area (Å²) >= 11 is 1.62. The molecule has 0 aromatic carbocycles. The van der Waals surface area contributed by atoms with Gasteiger partial charge in [-0.15, -0.1) is 11.8 Å². The number of hydrogen-bond acceptors (Lipinski definition) is 5.